The molecule has 0 spiro atoms. The van der Waals surface area contributed by atoms with E-state index in [2.05, 4.69) is 41.5 Å². The van der Waals surface area contributed by atoms with Crippen LogP contribution >= 0.6 is 0 Å². The normalized spacial score (nSPS) is 16.9. The van der Waals surface area contributed by atoms with Crippen molar-refractivity contribution in [2.75, 3.05) is 13.1 Å². The van der Waals surface area contributed by atoms with Gasteiger partial charge in [0.1, 0.15) is 5.84 Å². The number of likely N-dealkylation sites (tertiary alicyclic amines) is 1. The van der Waals surface area contributed by atoms with E-state index in [1.54, 1.807) is 12.3 Å². The van der Waals surface area contributed by atoms with E-state index in [1.165, 1.54) is 19.0 Å². The Morgan fingerprint density at radius 3 is 2.17 bits per heavy atom. The van der Waals surface area contributed by atoms with Crippen molar-refractivity contribution in [3.8, 4) is 0 Å². The highest BCUT2D eigenvalue weighted by Gasteiger charge is 2.17. The number of rotatable bonds is 6. The summed E-state index contributed by atoms with van der Waals surface area (Å²) in [6, 6.07) is 0. The first kappa shape index (κ1) is 14.0. The van der Waals surface area contributed by atoms with Gasteiger partial charge in [0.15, 0.2) is 0 Å². The molecule has 0 radical (unpaired) electrons. The monoisotopic (exact) mass is 243 g/mol. The van der Waals surface area contributed by atoms with Gasteiger partial charge in [-0.15, -0.1) is 0 Å². The standard InChI is InChI=1S/C15H21N3/c1-5-13(15(16-7-3)17-8-4)14(6-2)18-11-9-10-12-18/h5-8H,1-4,9-12H2,(H,16,17)/b14-13+. The molecule has 1 fully saturated rings. The van der Waals surface area contributed by atoms with Gasteiger partial charge in [0.05, 0.1) is 0 Å². The molecule has 0 aliphatic carbocycles. The van der Waals surface area contributed by atoms with Gasteiger partial charge in [-0.05, 0) is 25.1 Å². The predicted octanol–water partition coefficient (Wildman–Crippen LogP) is 2.98. The molecule has 0 atom stereocenters. The lowest BCUT2D eigenvalue weighted by Crippen LogP contribution is -2.25. The molecule has 18 heavy (non-hydrogen) atoms. The molecule has 0 amide bonds. The fraction of sp³-hybridized carbons (Fsp3) is 0.267. The van der Waals surface area contributed by atoms with Crippen LogP contribution in [0.3, 0.4) is 0 Å². The summed E-state index contributed by atoms with van der Waals surface area (Å²) in [6.07, 6.45) is 9.16. The van der Waals surface area contributed by atoms with Gasteiger partial charge in [0.2, 0.25) is 0 Å². The lowest BCUT2D eigenvalue weighted by atomic mass is 10.1. The number of nitrogens with one attached hydrogen (secondary N) is 1. The Bertz CT molecular complexity index is 396. The number of hydrogen-bond acceptors (Lipinski definition) is 2. The summed E-state index contributed by atoms with van der Waals surface area (Å²) in [5.74, 6) is 0.691. The van der Waals surface area contributed by atoms with Crippen molar-refractivity contribution in [2.24, 2.45) is 4.99 Å². The molecule has 1 rings (SSSR count). The zero-order chi connectivity index (χ0) is 13.4. The van der Waals surface area contributed by atoms with E-state index in [1.807, 2.05) is 6.08 Å². The van der Waals surface area contributed by atoms with Crippen LogP contribution in [0.15, 0.2) is 67.1 Å². The molecule has 1 N–H and O–H groups in total. The van der Waals surface area contributed by atoms with Crippen LogP contribution in [0.2, 0.25) is 0 Å². The predicted molar refractivity (Wildman–Crippen MR) is 79.2 cm³/mol. The zero-order valence-electron chi connectivity index (χ0n) is 10.9. The first-order valence-corrected chi connectivity index (χ1v) is 6.09. The van der Waals surface area contributed by atoms with E-state index in [9.17, 15) is 0 Å². The molecule has 0 aromatic carbocycles. The second kappa shape index (κ2) is 7.33. The Balaban J connectivity index is 3.18. The Morgan fingerprint density at radius 2 is 1.72 bits per heavy atom. The minimum absolute atomic E-state index is 0.691. The molecule has 1 saturated heterocycles. The topological polar surface area (TPSA) is 27.6 Å². The number of hydrogen-bond donors (Lipinski definition) is 1. The number of allylic oxidation sites excluding steroid dienone is 1. The summed E-state index contributed by atoms with van der Waals surface area (Å²) in [6.45, 7) is 17.1. The molecule has 0 aromatic heterocycles. The van der Waals surface area contributed by atoms with Crippen molar-refractivity contribution in [1.29, 1.82) is 0 Å². The minimum Gasteiger partial charge on any atom is -0.371 e. The van der Waals surface area contributed by atoms with E-state index in [0.29, 0.717) is 5.84 Å². The summed E-state index contributed by atoms with van der Waals surface area (Å²) in [5.41, 5.74) is 1.98. The molecule has 1 aliphatic rings. The first-order valence-electron chi connectivity index (χ1n) is 6.09. The van der Waals surface area contributed by atoms with E-state index in [-0.39, 0.29) is 0 Å². The van der Waals surface area contributed by atoms with Crippen LogP contribution < -0.4 is 5.32 Å². The highest BCUT2D eigenvalue weighted by molar-refractivity contribution is 6.02. The second-order valence-corrected chi connectivity index (χ2v) is 3.91. The lowest BCUT2D eigenvalue weighted by molar-refractivity contribution is 0.439. The minimum atomic E-state index is 0.691. The van der Waals surface area contributed by atoms with Gasteiger partial charge in [-0.3, -0.25) is 0 Å². The molecule has 96 valence electrons. The van der Waals surface area contributed by atoms with Crippen molar-refractivity contribution < 1.29 is 0 Å². The first-order chi connectivity index (χ1) is 8.78. The van der Waals surface area contributed by atoms with Crippen LogP contribution in [0.5, 0.6) is 0 Å². The van der Waals surface area contributed by atoms with Gasteiger partial charge >= 0.3 is 0 Å². The lowest BCUT2D eigenvalue weighted by Gasteiger charge is -2.22. The van der Waals surface area contributed by atoms with E-state index in [4.69, 9.17) is 0 Å². The maximum atomic E-state index is 4.22. The molecular weight excluding hydrogens is 222 g/mol. The third-order valence-corrected chi connectivity index (χ3v) is 2.83. The smallest absolute Gasteiger partial charge is 0.139 e. The van der Waals surface area contributed by atoms with Gasteiger partial charge < -0.3 is 10.2 Å². The van der Waals surface area contributed by atoms with Crippen LogP contribution in [-0.2, 0) is 0 Å². The summed E-state index contributed by atoms with van der Waals surface area (Å²) >= 11 is 0. The van der Waals surface area contributed by atoms with Gasteiger partial charge in [0.25, 0.3) is 0 Å². The summed E-state index contributed by atoms with van der Waals surface area (Å²) < 4.78 is 0. The Kier molecular flexibility index (Phi) is 5.71. The van der Waals surface area contributed by atoms with Gasteiger partial charge in [-0.25, -0.2) is 4.99 Å². The molecule has 1 heterocycles. The Hall–Kier alpha value is -2.03. The fourth-order valence-corrected chi connectivity index (χ4v) is 2.06. The Labute approximate surface area is 110 Å². The van der Waals surface area contributed by atoms with Gasteiger partial charge in [-0.1, -0.05) is 32.4 Å². The SMILES string of the molecule is C=C/N=C(NC=C)\C(C=C)=C(/C=C)N1CCCC1. The van der Waals surface area contributed by atoms with E-state index < -0.39 is 0 Å². The maximum Gasteiger partial charge on any atom is 0.139 e. The zero-order valence-corrected chi connectivity index (χ0v) is 10.9. The highest BCUT2D eigenvalue weighted by atomic mass is 15.2. The van der Waals surface area contributed by atoms with Crippen molar-refractivity contribution in [1.82, 2.24) is 10.2 Å². The summed E-state index contributed by atoms with van der Waals surface area (Å²) in [7, 11) is 0. The number of nitrogens with zero attached hydrogens (tertiary/aromatic N) is 2. The van der Waals surface area contributed by atoms with Crippen LogP contribution in [0.1, 0.15) is 12.8 Å². The third kappa shape index (κ3) is 3.23. The number of aliphatic imine (C=N–C) groups is 1. The molecule has 3 nitrogen and oxygen atoms in total. The van der Waals surface area contributed by atoms with Crippen molar-refractivity contribution >= 4 is 5.84 Å². The molecule has 1 aliphatic heterocycles. The summed E-state index contributed by atoms with van der Waals surface area (Å²) in [4.78, 5) is 6.52. The largest absolute Gasteiger partial charge is 0.371 e. The molecule has 0 unspecified atom stereocenters. The molecule has 0 bridgehead atoms. The Morgan fingerprint density at radius 1 is 1.06 bits per heavy atom. The van der Waals surface area contributed by atoms with E-state index >= 15 is 0 Å². The van der Waals surface area contributed by atoms with Gasteiger partial charge in [0, 0.05) is 30.6 Å². The maximum absolute atomic E-state index is 4.22. The summed E-state index contributed by atoms with van der Waals surface area (Å²) in [5, 5.41) is 3.01. The van der Waals surface area contributed by atoms with Crippen molar-refractivity contribution in [3.63, 3.8) is 0 Å². The van der Waals surface area contributed by atoms with Crippen LogP contribution in [0, 0.1) is 0 Å². The second-order valence-electron chi connectivity index (χ2n) is 3.91. The highest BCUT2D eigenvalue weighted by Crippen LogP contribution is 2.20. The van der Waals surface area contributed by atoms with Gasteiger partial charge in [-0.2, -0.15) is 0 Å². The molecule has 0 saturated carbocycles. The van der Waals surface area contributed by atoms with Crippen LogP contribution in [0.25, 0.3) is 0 Å². The van der Waals surface area contributed by atoms with E-state index in [0.717, 1.165) is 24.4 Å². The fourth-order valence-electron chi connectivity index (χ4n) is 2.06. The van der Waals surface area contributed by atoms with Crippen molar-refractivity contribution in [2.45, 2.75) is 12.8 Å². The third-order valence-electron chi connectivity index (χ3n) is 2.83. The quantitative estimate of drug-likeness (QED) is 0.441. The average molecular weight is 243 g/mol. The molecular formula is C15H21N3. The molecule has 0 aromatic rings. The molecule has 3 heteroatoms. The van der Waals surface area contributed by atoms with Crippen molar-refractivity contribution in [3.05, 3.63) is 62.1 Å². The van der Waals surface area contributed by atoms with Crippen LogP contribution in [0.4, 0.5) is 0 Å². The number of amidine groups is 1. The van der Waals surface area contributed by atoms with Crippen LogP contribution in [-0.4, -0.2) is 23.8 Å². The average Bonchev–Trinajstić information content (AvgIpc) is 2.89.